The Balaban J connectivity index is 1.58. The van der Waals surface area contributed by atoms with Gasteiger partial charge in [-0.2, -0.15) is 0 Å². The summed E-state index contributed by atoms with van der Waals surface area (Å²) in [6.45, 7) is 9.49. The molecule has 0 aromatic rings. The fraction of sp³-hybridized carbons (Fsp3) is 1.00. The summed E-state index contributed by atoms with van der Waals surface area (Å²) < 4.78 is 0. The molecule has 3 aliphatic carbocycles. The summed E-state index contributed by atoms with van der Waals surface area (Å²) in [5.74, 6) is 3.95. The van der Waals surface area contributed by atoms with Gasteiger partial charge in [0.05, 0.1) is 6.10 Å². The predicted molar refractivity (Wildman–Crippen MR) is 70.6 cm³/mol. The van der Waals surface area contributed by atoms with Gasteiger partial charge in [-0.1, -0.05) is 20.8 Å². The van der Waals surface area contributed by atoms with Gasteiger partial charge in [0.25, 0.3) is 0 Å². The first-order valence-corrected chi connectivity index (χ1v) is 7.54. The second-order valence-corrected chi connectivity index (χ2v) is 7.97. The topological polar surface area (TPSA) is 20.2 Å². The van der Waals surface area contributed by atoms with E-state index in [9.17, 15) is 5.11 Å². The number of fused-ring (bicyclic) bond motifs is 1. The van der Waals surface area contributed by atoms with Crippen LogP contribution in [0.5, 0.6) is 0 Å². The molecule has 1 heteroatoms. The molecule has 0 saturated heterocycles. The second kappa shape index (κ2) is 3.50. The number of aliphatic hydroxyl groups is 1. The van der Waals surface area contributed by atoms with Gasteiger partial charge in [-0.3, -0.25) is 0 Å². The largest absolute Gasteiger partial charge is 0.393 e. The lowest BCUT2D eigenvalue weighted by Gasteiger charge is -2.36. The normalized spacial score (nSPS) is 52.1. The van der Waals surface area contributed by atoms with Crippen molar-refractivity contribution in [2.45, 2.75) is 65.9 Å². The van der Waals surface area contributed by atoms with E-state index in [-0.39, 0.29) is 6.10 Å². The Morgan fingerprint density at radius 3 is 2.47 bits per heavy atom. The number of rotatable bonds is 4. The third kappa shape index (κ3) is 1.69. The van der Waals surface area contributed by atoms with E-state index in [0.717, 1.165) is 30.1 Å². The molecule has 6 unspecified atom stereocenters. The molecule has 3 fully saturated rings. The fourth-order valence-corrected chi connectivity index (χ4v) is 4.87. The molecular formula is C16H28O. The van der Waals surface area contributed by atoms with Crippen LogP contribution in [0.4, 0.5) is 0 Å². The van der Waals surface area contributed by atoms with E-state index in [1.54, 1.807) is 0 Å². The van der Waals surface area contributed by atoms with E-state index >= 15 is 0 Å². The molecule has 0 bridgehead atoms. The van der Waals surface area contributed by atoms with Gasteiger partial charge >= 0.3 is 0 Å². The highest BCUT2D eigenvalue weighted by atomic mass is 16.3. The highest BCUT2D eigenvalue weighted by molar-refractivity contribution is 5.18. The molecule has 3 rings (SSSR count). The Labute approximate surface area is 106 Å². The summed E-state index contributed by atoms with van der Waals surface area (Å²) in [4.78, 5) is 0. The summed E-state index contributed by atoms with van der Waals surface area (Å²) in [6, 6.07) is 0. The highest BCUT2D eigenvalue weighted by Crippen LogP contribution is 2.77. The minimum absolute atomic E-state index is 0.0984. The van der Waals surface area contributed by atoms with Crippen molar-refractivity contribution in [1.82, 2.24) is 0 Å². The van der Waals surface area contributed by atoms with Gasteiger partial charge in [0.2, 0.25) is 0 Å². The van der Waals surface area contributed by atoms with Gasteiger partial charge in [0.15, 0.2) is 0 Å². The Kier molecular flexibility index (Phi) is 2.47. The van der Waals surface area contributed by atoms with Gasteiger partial charge in [0, 0.05) is 0 Å². The molecule has 0 aromatic carbocycles. The van der Waals surface area contributed by atoms with Crippen LogP contribution in [0, 0.1) is 34.5 Å². The molecule has 1 N–H and O–H groups in total. The van der Waals surface area contributed by atoms with E-state index in [2.05, 4.69) is 20.8 Å². The van der Waals surface area contributed by atoms with Crippen LogP contribution in [0.1, 0.15) is 59.8 Å². The number of aliphatic hydroxyl groups excluding tert-OH is 1. The average Bonchev–Trinajstić information content (AvgIpc) is 3.07. The molecule has 0 amide bonds. The lowest BCUT2D eigenvalue weighted by molar-refractivity contribution is 0.123. The zero-order valence-electron chi connectivity index (χ0n) is 11.9. The van der Waals surface area contributed by atoms with Crippen molar-refractivity contribution in [2.75, 3.05) is 0 Å². The molecule has 3 saturated carbocycles. The second-order valence-electron chi connectivity index (χ2n) is 7.97. The molecule has 0 radical (unpaired) electrons. The predicted octanol–water partition coefficient (Wildman–Crippen LogP) is 3.86. The number of hydrogen-bond acceptors (Lipinski definition) is 1. The average molecular weight is 236 g/mol. The molecular weight excluding hydrogens is 208 g/mol. The summed E-state index contributed by atoms with van der Waals surface area (Å²) >= 11 is 0. The maximum absolute atomic E-state index is 9.37. The van der Waals surface area contributed by atoms with Crippen LogP contribution >= 0.6 is 0 Å². The van der Waals surface area contributed by atoms with E-state index in [1.165, 1.54) is 25.7 Å². The summed E-state index contributed by atoms with van der Waals surface area (Å²) in [7, 11) is 0. The van der Waals surface area contributed by atoms with Crippen molar-refractivity contribution in [3.8, 4) is 0 Å². The quantitative estimate of drug-likeness (QED) is 0.786. The zero-order valence-corrected chi connectivity index (χ0v) is 11.9. The lowest BCUT2D eigenvalue weighted by atomic mass is 9.69. The molecule has 0 aliphatic heterocycles. The zero-order chi connectivity index (χ0) is 12.4. The van der Waals surface area contributed by atoms with E-state index in [0.29, 0.717) is 10.8 Å². The lowest BCUT2D eigenvalue weighted by Crippen LogP contribution is -2.29. The van der Waals surface area contributed by atoms with Crippen LogP contribution in [-0.4, -0.2) is 11.2 Å². The van der Waals surface area contributed by atoms with Crippen LogP contribution in [0.15, 0.2) is 0 Å². The molecule has 98 valence electrons. The van der Waals surface area contributed by atoms with Gasteiger partial charge in [0.1, 0.15) is 0 Å². The van der Waals surface area contributed by atoms with Crippen molar-refractivity contribution in [3.05, 3.63) is 0 Å². The maximum Gasteiger partial charge on any atom is 0.0512 e. The Morgan fingerprint density at radius 1 is 1.24 bits per heavy atom. The smallest absolute Gasteiger partial charge is 0.0512 e. The third-order valence-electron chi connectivity index (χ3n) is 6.80. The van der Waals surface area contributed by atoms with Crippen molar-refractivity contribution in [3.63, 3.8) is 0 Å². The SMILES string of the molecule is CC(O)CCC1CC1C1CC2CC2(C)C1(C)C. The third-order valence-corrected chi connectivity index (χ3v) is 6.80. The van der Waals surface area contributed by atoms with Gasteiger partial charge in [-0.15, -0.1) is 0 Å². The van der Waals surface area contributed by atoms with Crippen LogP contribution in [-0.2, 0) is 0 Å². The minimum Gasteiger partial charge on any atom is -0.393 e. The van der Waals surface area contributed by atoms with Crippen molar-refractivity contribution in [2.24, 2.45) is 34.5 Å². The van der Waals surface area contributed by atoms with E-state index in [1.807, 2.05) is 6.92 Å². The summed E-state index contributed by atoms with van der Waals surface area (Å²) in [6.07, 6.45) is 6.61. The Bertz CT molecular complexity index is 319. The first-order valence-electron chi connectivity index (χ1n) is 7.54. The molecule has 17 heavy (non-hydrogen) atoms. The molecule has 0 heterocycles. The van der Waals surface area contributed by atoms with E-state index in [4.69, 9.17) is 0 Å². The Hall–Kier alpha value is -0.0400. The maximum atomic E-state index is 9.37. The molecule has 3 aliphatic rings. The molecule has 0 aromatic heterocycles. The van der Waals surface area contributed by atoms with Crippen LogP contribution < -0.4 is 0 Å². The van der Waals surface area contributed by atoms with Crippen molar-refractivity contribution >= 4 is 0 Å². The van der Waals surface area contributed by atoms with E-state index < -0.39 is 0 Å². The van der Waals surface area contributed by atoms with Crippen LogP contribution in [0.25, 0.3) is 0 Å². The van der Waals surface area contributed by atoms with Crippen LogP contribution in [0.2, 0.25) is 0 Å². The number of hydrogen-bond donors (Lipinski definition) is 1. The molecule has 1 nitrogen and oxygen atoms in total. The monoisotopic (exact) mass is 236 g/mol. The minimum atomic E-state index is -0.0984. The molecule has 0 spiro atoms. The summed E-state index contributed by atoms with van der Waals surface area (Å²) in [5, 5.41) is 9.37. The van der Waals surface area contributed by atoms with Crippen LogP contribution in [0.3, 0.4) is 0 Å². The first-order chi connectivity index (χ1) is 7.86. The summed E-state index contributed by atoms with van der Waals surface area (Å²) in [5.41, 5.74) is 1.25. The first kappa shape index (κ1) is 12.0. The van der Waals surface area contributed by atoms with Crippen molar-refractivity contribution < 1.29 is 5.11 Å². The fourth-order valence-electron chi connectivity index (χ4n) is 4.87. The Morgan fingerprint density at radius 2 is 1.94 bits per heavy atom. The molecule has 6 atom stereocenters. The van der Waals surface area contributed by atoms with Gasteiger partial charge in [-0.25, -0.2) is 0 Å². The standard InChI is InChI=1S/C16H28O/c1-10(17)5-6-11-7-13(11)14-8-12-9-16(12,4)15(14,2)3/h10-14,17H,5-9H2,1-4H3. The van der Waals surface area contributed by atoms with Gasteiger partial charge in [-0.05, 0) is 73.5 Å². The van der Waals surface area contributed by atoms with Gasteiger partial charge < -0.3 is 5.11 Å². The van der Waals surface area contributed by atoms with Crippen molar-refractivity contribution in [1.29, 1.82) is 0 Å². The highest BCUT2D eigenvalue weighted by Gasteiger charge is 2.69.